The number of hydrogen-bond acceptors (Lipinski definition) is 3. The predicted molar refractivity (Wildman–Crippen MR) is 135 cm³/mol. The molecule has 1 amide bonds. The van der Waals surface area contributed by atoms with Crippen molar-refractivity contribution < 1.29 is 22.0 Å². The van der Waals surface area contributed by atoms with Crippen LogP contribution in [-0.2, 0) is 27.9 Å². The van der Waals surface area contributed by atoms with Gasteiger partial charge in [-0.15, -0.1) is 0 Å². The molecule has 36 heavy (non-hydrogen) atoms. The molecule has 0 aliphatic carbocycles. The molecule has 0 spiro atoms. The molecule has 0 unspecified atom stereocenters. The first-order valence-electron chi connectivity index (χ1n) is 11.7. The summed E-state index contributed by atoms with van der Waals surface area (Å²) in [5.41, 5.74) is 1.89. The highest BCUT2D eigenvalue weighted by atomic mass is 35.5. The minimum Gasteiger partial charge on any atom is -0.334 e. The van der Waals surface area contributed by atoms with Crippen LogP contribution in [0.2, 0.25) is 5.02 Å². The van der Waals surface area contributed by atoms with Crippen molar-refractivity contribution in [2.24, 2.45) is 5.92 Å². The van der Waals surface area contributed by atoms with Crippen LogP contribution in [0.25, 0.3) is 0 Å². The molecule has 190 valence electrons. The first-order valence-corrected chi connectivity index (χ1v) is 13.5. The molecule has 0 aromatic heterocycles. The summed E-state index contributed by atoms with van der Waals surface area (Å²) in [7, 11) is -3.74. The molecule has 0 bridgehead atoms. The van der Waals surface area contributed by atoms with Gasteiger partial charge in [-0.05, 0) is 61.2 Å². The Morgan fingerprint density at radius 2 is 1.67 bits per heavy atom. The third kappa shape index (κ3) is 5.94. The van der Waals surface area contributed by atoms with Crippen molar-refractivity contribution in [3.8, 4) is 0 Å². The summed E-state index contributed by atoms with van der Waals surface area (Å²) < 4.78 is 55.3. The van der Waals surface area contributed by atoms with E-state index >= 15 is 0 Å². The molecule has 0 N–H and O–H groups in total. The maximum atomic E-state index is 14.4. The predicted octanol–water partition coefficient (Wildman–Crippen LogP) is 5.56. The van der Waals surface area contributed by atoms with Gasteiger partial charge < -0.3 is 4.90 Å². The van der Waals surface area contributed by atoms with Crippen molar-refractivity contribution in [1.29, 1.82) is 0 Å². The average Bonchev–Trinajstić information content (AvgIpc) is 2.87. The van der Waals surface area contributed by atoms with Crippen LogP contribution in [0.3, 0.4) is 0 Å². The molecule has 1 aliphatic rings. The van der Waals surface area contributed by atoms with E-state index in [1.54, 1.807) is 48.2 Å². The number of aryl methyl sites for hydroxylation is 1. The normalized spacial score (nSPS) is 15.1. The third-order valence-electron chi connectivity index (χ3n) is 6.50. The molecular formula is C27H27ClF2N2O3S. The smallest absolute Gasteiger partial charge is 0.243 e. The van der Waals surface area contributed by atoms with Crippen molar-refractivity contribution >= 4 is 27.5 Å². The Balaban J connectivity index is 1.49. The highest BCUT2D eigenvalue weighted by Crippen LogP contribution is 2.28. The molecule has 4 rings (SSSR count). The second-order valence-corrected chi connectivity index (χ2v) is 11.3. The molecule has 1 aliphatic heterocycles. The number of sulfonamides is 1. The van der Waals surface area contributed by atoms with Gasteiger partial charge in [-0.25, -0.2) is 17.2 Å². The number of rotatable bonds is 7. The van der Waals surface area contributed by atoms with Gasteiger partial charge in [0.2, 0.25) is 15.9 Å². The molecule has 1 fully saturated rings. The first-order chi connectivity index (χ1) is 17.1. The number of halogens is 3. The fourth-order valence-electron chi connectivity index (χ4n) is 4.34. The van der Waals surface area contributed by atoms with Crippen molar-refractivity contribution in [3.05, 3.63) is 100 Å². The highest BCUT2D eigenvalue weighted by Gasteiger charge is 2.34. The number of piperidine rings is 1. The zero-order valence-electron chi connectivity index (χ0n) is 19.8. The Kier molecular flexibility index (Phi) is 8.07. The SMILES string of the molecule is Cc1ccc(S(=O)(=O)N2CCC(C(=O)N(Cc3ccc(F)cc3)Cc3ccccc3F)CC2)cc1Cl. The van der Waals surface area contributed by atoms with Crippen LogP contribution in [0, 0.1) is 24.5 Å². The number of amides is 1. The summed E-state index contributed by atoms with van der Waals surface area (Å²) in [6.07, 6.45) is 0.684. The van der Waals surface area contributed by atoms with Gasteiger partial charge in [-0.2, -0.15) is 4.31 Å². The molecule has 1 saturated heterocycles. The van der Waals surface area contributed by atoms with Gasteiger partial charge in [0, 0.05) is 42.7 Å². The lowest BCUT2D eigenvalue weighted by Gasteiger charge is -2.34. The molecule has 9 heteroatoms. The van der Waals surface area contributed by atoms with E-state index in [4.69, 9.17) is 11.6 Å². The second kappa shape index (κ2) is 11.1. The van der Waals surface area contributed by atoms with Gasteiger partial charge in [0.05, 0.1) is 4.90 Å². The van der Waals surface area contributed by atoms with Gasteiger partial charge in [0.15, 0.2) is 0 Å². The fraction of sp³-hybridized carbons (Fsp3) is 0.296. The van der Waals surface area contributed by atoms with Gasteiger partial charge in [-0.1, -0.05) is 48.0 Å². The van der Waals surface area contributed by atoms with E-state index < -0.39 is 21.8 Å². The molecule has 0 radical (unpaired) electrons. The molecule has 3 aromatic rings. The van der Waals surface area contributed by atoms with E-state index in [1.807, 2.05) is 0 Å². The third-order valence-corrected chi connectivity index (χ3v) is 8.80. The van der Waals surface area contributed by atoms with E-state index in [2.05, 4.69) is 0 Å². The minimum atomic E-state index is -3.74. The zero-order chi connectivity index (χ0) is 25.9. The molecule has 0 atom stereocenters. The fourth-order valence-corrected chi connectivity index (χ4v) is 6.08. The lowest BCUT2D eigenvalue weighted by Crippen LogP contribution is -2.44. The quantitative estimate of drug-likeness (QED) is 0.400. The minimum absolute atomic E-state index is 0.0588. The van der Waals surface area contributed by atoms with Gasteiger partial charge in [0.1, 0.15) is 11.6 Å². The van der Waals surface area contributed by atoms with Crippen LogP contribution in [0.5, 0.6) is 0 Å². The number of benzene rings is 3. The Morgan fingerprint density at radius 1 is 1.00 bits per heavy atom. The van der Waals surface area contributed by atoms with Crippen molar-refractivity contribution in [2.45, 2.75) is 37.8 Å². The van der Waals surface area contributed by atoms with Crippen molar-refractivity contribution in [2.75, 3.05) is 13.1 Å². The molecule has 0 saturated carbocycles. The van der Waals surface area contributed by atoms with Crippen LogP contribution in [0.1, 0.15) is 29.5 Å². The van der Waals surface area contributed by atoms with Crippen molar-refractivity contribution in [1.82, 2.24) is 9.21 Å². The molecular weight excluding hydrogens is 506 g/mol. The topological polar surface area (TPSA) is 57.7 Å². The van der Waals surface area contributed by atoms with Gasteiger partial charge in [0.25, 0.3) is 0 Å². The summed E-state index contributed by atoms with van der Waals surface area (Å²) >= 11 is 6.13. The zero-order valence-corrected chi connectivity index (χ0v) is 21.4. The van der Waals surface area contributed by atoms with Gasteiger partial charge in [-0.3, -0.25) is 4.79 Å². The summed E-state index contributed by atoms with van der Waals surface area (Å²) in [5.74, 6) is -1.38. The second-order valence-electron chi connectivity index (χ2n) is 9.00. The summed E-state index contributed by atoms with van der Waals surface area (Å²) in [6.45, 7) is 2.43. The van der Waals surface area contributed by atoms with Crippen LogP contribution in [0.15, 0.2) is 71.6 Å². The average molecular weight is 533 g/mol. The highest BCUT2D eigenvalue weighted by molar-refractivity contribution is 7.89. The van der Waals surface area contributed by atoms with Gasteiger partial charge >= 0.3 is 0 Å². The first kappa shape index (κ1) is 26.3. The maximum Gasteiger partial charge on any atom is 0.243 e. The monoisotopic (exact) mass is 532 g/mol. The van der Waals surface area contributed by atoms with E-state index in [0.717, 1.165) is 11.1 Å². The van der Waals surface area contributed by atoms with Crippen LogP contribution < -0.4 is 0 Å². The van der Waals surface area contributed by atoms with E-state index in [0.29, 0.717) is 23.4 Å². The Hall–Kier alpha value is -2.81. The number of hydrogen-bond donors (Lipinski definition) is 0. The van der Waals surface area contributed by atoms with Crippen molar-refractivity contribution in [3.63, 3.8) is 0 Å². The van der Waals surface area contributed by atoms with E-state index in [9.17, 15) is 22.0 Å². The van der Waals surface area contributed by atoms with Crippen LogP contribution in [-0.4, -0.2) is 36.6 Å². The standard InChI is InChI=1S/C27H27ClF2N2O3S/c1-19-6-11-24(16-25(19)28)36(34,35)32-14-12-21(13-15-32)27(33)31(17-20-7-9-23(29)10-8-20)18-22-4-2-3-5-26(22)30/h2-11,16,21H,12-15,17-18H2,1H3. The largest absolute Gasteiger partial charge is 0.334 e. The summed E-state index contributed by atoms with van der Waals surface area (Å²) in [5, 5.41) is 0.380. The molecule has 5 nitrogen and oxygen atoms in total. The summed E-state index contributed by atoms with van der Waals surface area (Å²) in [4.78, 5) is 15.2. The van der Waals surface area contributed by atoms with Crippen LogP contribution >= 0.6 is 11.6 Å². The Morgan fingerprint density at radius 3 is 2.31 bits per heavy atom. The Bertz CT molecular complexity index is 1340. The Labute approximate surface area is 215 Å². The van der Waals surface area contributed by atoms with E-state index in [1.165, 1.54) is 34.6 Å². The van der Waals surface area contributed by atoms with E-state index in [-0.39, 0.29) is 42.8 Å². The number of nitrogens with zero attached hydrogens (tertiary/aromatic N) is 2. The lowest BCUT2D eigenvalue weighted by atomic mass is 9.96. The molecule has 1 heterocycles. The summed E-state index contributed by atoms with van der Waals surface area (Å²) in [6, 6.07) is 16.7. The number of carbonyl (C=O) groups is 1. The lowest BCUT2D eigenvalue weighted by molar-refractivity contribution is -0.138. The molecule has 3 aromatic carbocycles. The number of carbonyl (C=O) groups excluding carboxylic acids is 1. The maximum absolute atomic E-state index is 14.4. The van der Waals surface area contributed by atoms with Crippen LogP contribution in [0.4, 0.5) is 8.78 Å².